The maximum atomic E-state index is 9.37. The van der Waals surface area contributed by atoms with Crippen LogP contribution in [0.3, 0.4) is 0 Å². The van der Waals surface area contributed by atoms with E-state index in [1.54, 1.807) is 0 Å². The number of aliphatic hydroxyl groups excluding tert-OH is 1. The van der Waals surface area contributed by atoms with Crippen molar-refractivity contribution in [1.82, 2.24) is 9.97 Å². The molecule has 2 rings (SSSR count). The highest BCUT2D eigenvalue weighted by Crippen LogP contribution is 2.31. The van der Waals surface area contributed by atoms with Crippen LogP contribution in [0.5, 0.6) is 0 Å². The fraction of sp³-hybridized carbons (Fsp3) is 0.733. The monoisotopic (exact) mass is 278 g/mol. The molecule has 0 aromatic carbocycles. The van der Waals surface area contributed by atoms with Gasteiger partial charge in [-0.25, -0.2) is 9.97 Å². The highest BCUT2D eigenvalue weighted by atomic mass is 16.3. The molecule has 5 heteroatoms. The molecule has 1 saturated carbocycles. The highest BCUT2D eigenvalue weighted by Gasteiger charge is 2.26. The molecular formula is C15H26N4O. The van der Waals surface area contributed by atoms with Crippen molar-refractivity contribution in [3.63, 3.8) is 0 Å². The number of hydrogen-bond donors (Lipinski definition) is 3. The number of aromatic nitrogens is 2. The quantitative estimate of drug-likeness (QED) is 0.742. The second-order valence-corrected chi connectivity index (χ2v) is 5.76. The summed E-state index contributed by atoms with van der Waals surface area (Å²) in [6.07, 6.45) is 5.39. The van der Waals surface area contributed by atoms with E-state index in [2.05, 4.69) is 22.2 Å². The molecule has 1 fully saturated rings. The van der Waals surface area contributed by atoms with Crippen LogP contribution in [0.1, 0.15) is 44.0 Å². The van der Waals surface area contributed by atoms with Gasteiger partial charge in [-0.2, -0.15) is 0 Å². The number of rotatable bonds is 6. The van der Waals surface area contributed by atoms with Crippen molar-refractivity contribution in [2.45, 2.75) is 46.0 Å². The minimum atomic E-state index is 0.290. The Morgan fingerprint density at radius 3 is 2.75 bits per heavy atom. The molecule has 0 radical (unpaired) electrons. The minimum absolute atomic E-state index is 0.290. The summed E-state index contributed by atoms with van der Waals surface area (Å²) in [4.78, 5) is 8.89. The smallest absolute Gasteiger partial charge is 0.134 e. The Labute approximate surface area is 121 Å². The third-order valence-corrected chi connectivity index (χ3v) is 4.29. The number of aliphatic hydroxyl groups is 1. The highest BCUT2D eigenvalue weighted by molar-refractivity contribution is 5.54. The van der Waals surface area contributed by atoms with Gasteiger partial charge in [0.25, 0.3) is 0 Å². The van der Waals surface area contributed by atoms with Gasteiger partial charge in [0.15, 0.2) is 0 Å². The molecule has 2 unspecified atom stereocenters. The molecular weight excluding hydrogens is 252 g/mol. The zero-order chi connectivity index (χ0) is 14.5. The topological polar surface area (TPSA) is 84.1 Å². The average molecular weight is 278 g/mol. The molecule has 112 valence electrons. The van der Waals surface area contributed by atoms with Gasteiger partial charge in [-0.1, -0.05) is 13.3 Å². The molecule has 0 amide bonds. The van der Waals surface area contributed by atoms with Gasteiger partial charge >= 0.3 is 0 Å². The van der Waals surface area contributed by atoms with Crippen LogP contribution >= 0.6 is 0 Å². The average Bonchev–Trinajstić information content (AvgIpc) is 2.89. The number of nitrogens with one attached hydrogen (secondary N) is 1. The molecule has 1 aliphatic carbocycles. The van der Waals surface area contributed by atoms with Crippen LogP contribution in [0.2, 0.25) is 0 Å². The summed E-state index contributed by atoms with van der Waals surface area (Å²) >= 11 is 0. The van der Waals surface area contributed by atoms with Crippen LogP contribution in [-0.4, -0.2) is 28.2 Å². The lowest BCUT2D eigenvalue weighted by atomic mass is 9.97. The standard InChI is InChI=1S/C15H26N4O/c1-3-5-13-18-14(16)10(2)15(19-13)17-8-11-6-4-7-12(11)9-20/h11-12,20H,3-9H2,1-2H3,(H3,16,17,18,19). The normalized spacial score (nSPS) is 22.1. The molecule has 0 saturated heterocycles. The van der Waals surface area contributed by atoms with Crippen molar-refractivity contribution in [2.75, 3.05) is 24.2 Å². The zero-order valence-electron chi connectivity index (χ0n) is 12.5. The van der Waals surface area contributed by atoms with Gasteiger partial charge < -0.3 is 16.2 Å². The lowest BCUT2D eigenvalue weighted by Crippen LogP contribution is -2.22. The van der Waals surface area contributed by atoms with E-state index >= 15 is 0 Å². The molecule has 20 heavy (non-hydrogen) atoms. The Balaban J connectivity index is 2.04. The third kappa shape index (κ3) is 3.39. The van der Waals surface area contributed by atoms with E-state index in [1.807, 2.05) is 6.92 Å². The van der Waals surface area contributed by atoms with E-state index in [0.717, 1.165) is 43.0 Å². The van der Waals surface area contributed by atoms with Crippen molar-refractivity contribution in [2.24, 2.45) is 11.8 Å². The number of nitrogens with zero attached hydrogens (tertiary/aromatic N) is 2. The van der Waals surface area contributed by atoms with Gasteiger partial charge in [-0.15, -0.1) is 0 Å². The molecule has 0 bridgehead atoms. The number of nitrogens with two attached hydrogens (primary N) is 1. The first kappa shape index (κ1) is 15.0. The maximum Gasteiger partial charge on any atom is 0.134 e. The number of nitrogen functional groups attached to an aromatic ring is 1. The number of anilines is 2. The van der Waals surface area contributed by atoms with E-state index in [9.17, 15) is 5.11 Å². The van der Waals surface area contributed by atoms with E-state index in [4.69, 9.17) is 5.73 Å². The van der Waals surface area contributed by atoms with Crippen LogP contribution in [0.15, 0.2) is 0 Å². The summed E-state index contributed by atoms with van der Waals surface area (Å²) in [7, 11) is 0. The predicted octanol–water partition coefficient (Wildman–Crippen LogP) is 2.14. The van der Waals surface area contributed by atoms with Crippen LogP contribution in [0.25, 0.3) is 0 Å². The Morgan fingerprint density at radius 2 is 2.05 bits per heavy atom. The lowest BCUT2D eigenvalue weighted by Gasteiger charge is -2.19. The fourth-order valence-electron chi connectivity index (χ4n) is 2.94. The minimum Gasteiger partial charge on any atom is -0.396 e. The van der Waals surface area contributed by atoms with E-state index in [-0.39, 0.29) is 0 Å². The van der Waals surface area contributed by atoms with Crippen LogP contribution < -0.4 is 11.1 Å². The van der Waals surface area contributed by atoms with Gasteiger partial charge in [0.05, 0.1) is 0 Å². The first-order chi connectivity index (χ1) is 9.65. The first-order valence-corrected chi connectivity index (χ1v) is 7.63. The molecule has 1 aliphatic rings. The van der Waals surface area contributed by atoms with Gasteiger partial charge in [0, 0.05) is 25.1 Å². The van der Waals surface area contributed by atoms with Crippen molar-refractivity contribution in [1.29, 1.82) is 0 Å². The van der Waals surface area contributed by atoms with Gasteiger partial charge in [-0.3, -0.25) is 0 Å². The van der Waals surface area contributed by atoms with Gasteiger partial charge in [-0.05, 0) is 38.0 Å². The van der Waals surface area contributed by atoms with Crippen LogP contribution in [0, 0.1) is 18.8 Å². The molecule has 0 aliphatic heterocycles. The third-order valence-electron chi connectivity index (χ3n) is 4.29. The summed E-state index contributed by atoms with van der Waals surface area (Å²) in [6, 6.07) is 0. The summed E-state index contributed by atoms with van der Waals surface area (Å²) in [5.74, 6) is 3.19. The molecule has 1 aromatic heterocycles. The van der Waals surface area contributed by atoms with Crippen molar-refractivity contribution >= 4 is 11.6 Å². The molecule has 1 aromatic rings. The van der Waals surface area contributed by atoms with Crippen molar-refractivity contribution in [3.05, 3.63) is 11.4 Å². The Kier molecular flexibility index (Phi) is 5.17. The SMILES string of the molecule is CCCc1nc(N)c(C)c(NCC2CCCC2CO)n1. The summed E-state index contributed by atoms with van der Waals surface area (Å²) in [5.41, 5.74) is 6.88. The maximum absolute atomic E-state index is 9.37. The van der Waals surface area contributed by atoms with E-state index in [1.165, 1.54) is 12.8 Å². The van der Waals surface area contributed by atoms with Crippen molar-refractivity contribution in [3.8, 4) is 0 Å². The number of aryl methyl sites for hydroxylation is 1. The Morgan fingerprint density at radius 1 is 1.30 bits per heavy atom. The molecule has 1 heterocycles. The summed E-state index contributed by atoms with van der Waals surface area (Å²) in [6.45, 7) is 5.20. The molecule has 5 nitrogen and oxygen atoms in total. The lowest BCUT2D eigenvalue weighted by molar-refractivity contribution is 0.199. The number of hydrogen-bond acceptors (Lipinski definition) is 5. The van der Waals surface area contributed by atoms with Crippen LogP contribution in [0.4, 0.5) is 11.6 Å². The van der Waals surface area contributed by atoms with Crippen LogP contribution in [-0.2, 0) is 6.42 Å². The van der Waals surface area contributed by atoms with Gasteiger partial charge in [0.1, 0.15) is 17.5 Å². The fourth-order valence-corrected chi connectivity index (χ4v) is 2.94. The molecule has 2 atom stereocenters. The largest absolute Gasteiger partial charge is 0.396 e. The second kappa shape index (κ2) is 6.88. The van der Waals surface area contributed by atoms with Gasteiger partial charge in [0.2, 0.25) is 0 Å². The second-order valence-electron chi connectivity index (χ2n) is 5.76. The van der Waals surface area contributed by atoms with E-state index < -0.39 is 0 Å². The zero-order valence-corrected chi connectivity index (χ0v) is 12.5. The summed E-state index contributed by atoms with van der Waals surface area (Å²) in [5, 5.41) is 12.8. The molecule has 0 spiro atoms. The van der Waals surface area contributed by atoms with Crippen molar-refractivity contribution < 1.29 is 5.11 Å². The first-order valence-electron chi connectivity index (χ1n) is 7.63. The molecule has 4 N–H and O–H groups in total. The Bertz CT molecular complexity index is 450. The van der Waals surface area contributed by atoms with E-state index in [0.29, 0.717) is 24.3 Å². The summed E-state index contributed by atoms with van der Waals surface area (Å²) < 4.78 is 0. The predicted molar refractivity (Wildman–Crippen MR) is 81.6 cm³/mol. The Hall–Kier alpha value is -1.36.